The van der Waals surface area contributed by atoms with Gasteiger partial charge in [-0.15, -0.1) is 0 Å². The fraction of sp³-hybridized carbons (Fsp3) is 0.692. The second kappa shape index (κ2) is 6.96. The number of carbonyl (C=O) groups is 1. The Balaban J connectivity index is 2.30. The Hall–Kier alpha value is -1.01. The Morgan fingerprint density at radius 3 is 2.79 bits per heavy atom. The molecule has 0 aromatic carbocycles. The third-order valence-electron chi connectivity index (χ3n) is 2.60. The maximum atomic E-state index is 11.1. The van der Waals surface area contributed by atoms with Crippen molar-refractivity contribution in [3.05, 3.63) is 17.8 Å². The smallest absolute Gasteiger partial charge is 0.322 e. The molecule has 1 aromatic heterocycles. The number of nitrogens with zero attached hydrogens (tertiary/aromatic N) is 1. The summed E-state index contributed by atoms with van der Waals surface area (Å²) in [5, 5.41) is 0. The quantitative estimate of drug-likeness (QED) is 0.637. The first kappa shape index (κ1) is 16.0. The van der Waals surface area contributed by atoms with Crippen molar-refractivity contribution in [1.82, 2.24) is 4.98 Å². The van der Waals surface area contributed by atoms with Gasteiger partial charge in [-0.2, -0.15) is 11.8 Å². The van der Waals surface area contributed by atoms with E-state index >= 15 is 0 Å². The Morgan fingerprint density at radius 2 is 2.26 bits per heavy atom. The van der Waals surface area contributed by atoms with Crippen LogP contribution in [0.5, 0.6) is 0 Å². The van der Waals surface area contributed by atoms with Gasteiger partial charge in [0.15, 0.2) is 0 Å². The van der Waals surface area contributed by atoms with Crippen LogP contribution in [-0.4, -0.2) is 29.9 Å². The van der Waals surface area contributed by atoms with E-state index in [0.29, 0.717) is 18.1 Å². The zero-order valence-electron chi connectivity index (χ0n) is 11.9. The van der Waals surface area contributed by atoms with E-state index in [9.17, 15) is 4.79 Å². The Labute approximate surface area is 118 Å². The first-order chi connectivity index (χ1) is 8.84. The Bertz CT molecular complexity index is 412. The summed E-state index contributed by atoms with van der Waals surface area (Å²) in [6.07, 6.45) is 2.36. The number of oxazole rings is 1. The molecule has 1 unspecified atom stereocenters. The minimum Gasteiger partial charge on any atom is -0.468 e. The van der Waals surface area contributed by atoms with Crippen LogP contribution in [0.4, 0.5) is 0 Å². The molecule has 0 spiro atoms. The molecule has 0 fully saturated rings. The van der Waals surface area contributed by atoms with Gasteiger partial charge in [-0.25, -0.2) is 4.98 Å². The van der Waals surface area contributed by atoms with Gasteiger partial charge >= 0.3 is 5.97 Å². The van der Waals surface area contributed by atoms with Gasteiger partial charge in [0.25, 0.3) is 0 Å². The molecule has 108 valence electrons. The van der Waals surface area contributed by atoms with Crippen molar-refractivity contribution < 1.29 is 13.9 Å². The molecule has 0 radical (unpaired) electrons. The number of carbonyl (C=O) groups excluding carboxylic acids is 1. The summed E-state index contributed by atoms with van der Waals surface area (Å²) in [6.45, 7) is 6.25. The summed E-state index contributed by atoms with van der Waals surface area (Å²) >= 11 is 1.64. The SMILES string of the molecule is COC(=O)C(N)CCSCc1ncc(C(C)(C)C)o1. The van der Waals surface area contributed by atoms with Gasteiger partial charge in [-0.05, 0) is 12.2 Å². The van der Waals surface area contributed by atoms with Crippen LogP contribution in [0.3, 0.4) is 0 Å². The molecular weight excluding hydrogens is 264 g/mol. The summed E-state index contributed by atoms with van der Waals surface area (Å²) in [5.41, 5.74) is 5.62. The average Bonchev–Trinajstić information content (AvgIpc) is 2.81. The normalized spacial score (nSPS) is 13.3. The standard InChI is InChI=1S/C13H22N2O3S/c1-13(2,3)10-7-15-11(18-10)8-19-6-5-9(14)12(16)17-4/h7,9H,5-6,8,14H2,1-4H3. The summed E-state index contributed by atoms with van der Waals surface area (Å²) < 4.78 is 10.2. The molecule has 5 nitrogen and oxygen atoms in total. The molecule has 0 aliphatic rings. The molecule has 0 aliphatic heterocycles. The van der Waals surface area contributed by atoms with E-state index in [1.165, 1.54) is 7.11 Å². The van der Waals surface area contributed by atoms with Gasteiger partial charge in [0.2, 0.25) is 5.89 Å². The lowest BCUT2D eigenvalue weighted by Gasteiger charge is -2.13. The number of hydrogen-bond donors (Lipinski definition) is 1. The number of rotatable bonds is 6. The van der Waals surface area contributed by atoms with E-state index in [1.54, 1.807) is 18.0 Å². The van der Waals surface area contributed by atoms with Crippen LogP contribution in [0.15, 0.2) is 10.6 Å². The van der Waals surface area contributed by atoms with Crippen molar-refractivity contribution in [2.45, 2.75) is 44.4 Å². The molecular formula is C13H22N2O3S. The predicted octanol–water partition coefficient (Wildman–Crippen LogP) is 2.10. The largest absolute Gasteiger partial charge is 0.468 e. The second-order valence-electron chi connectivity index (χ2n) is 5.34. The molecule has 1 rings (SSSR count). The highest BCUT2D eigenvalue weighted by molar-refractivity contribution is 7.98. The van der Waals surface area contributed by atoms with E-state index < -0.39 is 6.04 Å². The lowest BCUT2D eigenvalue weighted by molar-refractivity contribution is -0.142. The molecule has 1 atom stereocenters. The number of thioether (sulfide) groups is 1. The molecule has 0 amide bonds. The van der Waals surface area contributed by atoms with Crippen LogP contribution >= 0.6 is 11.8 Å². The fourth-order valence-corrected chi connectivity index (χ4v) is 2.24. The van der Waals surface area contributed by atoms with Crippen LogP contribution in [0.1, 0.15) is 38.8 Å². The maximum absolute atomic E-state index is 11.1. The molecule has 6 heteroatoms. The number of aromatic nitrogens is 1. The van der Waals surface area contributed by atoms with Crippen molar-refractivity contribution in [2.24, 2.45) is 5.73 Å². The van der Waals surface area contributed by atoms with Crippen molar-refractivity contribution >= 4 is 17.7 Å². The molecule has 2 N–H and O–H groups in total. The summed E-state index contributed by atoms with van der Waals surface area (Å²) in [5.74, 6) is 2.68. The minimum atomic E-state index is -0.549. The highest BCUT2D eigenvalue weighted by Crippen LogP contribution is 2.24. The van der Waals surface area contributed by atoms with Gasteiger partial charge in [0.05, 0.1) is 19.1 Å². The van der Waals surface area contributed by atoms with Crippen LogP contribution in [-0.2, 0) is 20.7 Å². The van der Waals surface area contributed by atoms with Crippen molar-refractivity contribution in [3.63, 3.8) is 0 Å². The molecule has 0 aliphatic carbocycles. The summed E-state index contributed by atoms with van der Waals surface area (Å²) in [4.78, 5) is 15.3. The second-order valence-corrected chi connectivity index (χ2v) is 6.44. The minimum absolute atomic E-state index is 0.0246. The van der Waals surface area contributed by atoms with Gasteiger partial charge in [0.1, 0.15) is 11.8 Å². The van der Waals surface area contributed by atoms with E-state index in [0.717, 1.165) is 11.5 Å². The highest BCUT2D eigenvalue weighted by Gasteiger charge is 2.19. The monoisotopic (exact) mass is 286 g/mol. The zero-order chi connectivity index (χ0) is 14.5. The average molecular weight is 286 g/mol. The van der Waals surface area contributed by atoms with Crippen LogP contribution in [0.25, 0.3) is 0 Å². The predicted molar refractivity (Wildman–Crippen MR) is 76.0 cm³/mol. The topological polar surface area (TPSA) is 78.4 Å². The highest BCUT2D eigenvalue weighted by atomic mass is 32.2. The Kier molecular flexibility index (Phi) is 5.87. The zero-order valence-corrected chi connectivity index (χ0v) is 12.8. The van der Waals surface area contributed by atoms with Crippen molar-refractivity contribution in [2.75, 3.05) is 12.9 Å². The summed E-state index contributed by atoms with van der Waals surface area (Å²) in [7, 11) is 1.34. The Morgan fingerprint density at radius 1 is 1.58 bits per heavy atom. The van der Waals surface area contributed by atoms with E-state index in [4.69, 9.17) is 10.2 Å². The molecule has 0 saturated carbocycles. The lowest BCUT2D eigenvalue weighted by Crippen LogP contribution is -2.31. The molecule has 0 bridgehead atoms. The number of nitrogens with two attached hydrogens (primary N) is 1. The number of hydrogen-bond acceptors (Lipinski definition) is 6. The van der Waals surface area contributed by atoms with Crippen molar-refractivity contribution in [3.8, 4) is 0 Å². The van der Waals surface area contributed by atoms with Crippen LogP contribution in [0, 0.1) is 0 Å². The number of methoxy groups -OCH3 is 1. The number of ether oxygens (including phenoxy) is 1. The van der Waals surface area contributed by atoms with Gasteiger partial charge in [-0.3, -0.25) is 4.79 Å². The number of esters is 1. The van der Waals surface area contributed by atoms with Crippen LogP contribution in [0.2, 0.25) is 0 Å². The molecule has 1 aromatic rings. The van der Waals surface area contributed by atoms with Gasteiger partial charge in [-0.1, -0.05) is 20.8 Å². The first-order valence-electron chi connectivity index (χ1n) is 6.21. The first-order valence-corrected chi connectivity index (χ1v) is 7.36. The van der Waals surface area contributed by atoms with Gasteiger partial charge < -0.3 is 14.9 Å². The molecule has 19 heavy (non-hydrogen) atoms. The van der Waals surface area contributed by atoms with E-state index in [-0.39, 0.29) is 11.4 Å². The lowest BCUT2D eigenvalue weighted by atomic mass is 9.94. The fourth-order valence-electron chi connectivity index (χ4n) is 1.36. The van der Waals surface area contributed by atoms with Crippen LogP contribution < -0.4 is 5.73 Å². The molecule has 0 saturated heterocycles. The van der Waals surface area contributed by atoms with E-state index in [1.807, 2.05) is 0 Å². The van der Waals surface area contributed by atoms with E-state index in [2.05, 4.69) is 30.5 Å². The van der Waals surface area contributed by atoms with Crippen molar-refractivity contribution in [1.29, 1.82) is 0 Å². The summed E-state index contributed by atoms with van der Waals surface area (Å²) in [6, 6.07) is -0.549. The van der Waals surface area contributed by atoms with Gasteiger partial charge in [0, 0.05) is 5.41 Å². The maximum Gasteiger partial charge on any atom is 0.322 e. The molecule has 1 heterocycles. The third-order valence-corrected chi connectivity index (χ3v) is 3.57. The third kappa shape index (κ3) is 5.24.